The number of allylic oxidation sites excluding steroid dienone is 1. The average Bonchev–Trinajstić information content (AvgIpc) is 3.49. The van der Waals surface area contributed by atoms with Crippen LogP contribution in [0.5, 0.6) is 5.75 Å². The number of ether oxygens (including phenoxy) is 2. The third-order valence-corrected chi connectivity index (χ3v) is 5.72. The Morgan fingerprint density at radius 2 is 2.09 bits per heavy atom. The molecule has 35 heavy (non-hydrogen) atoms. The molecular formula is C26H27N7O2. The first-order chi connectivity index (χ1) is 17.0. The lowest BCUT2D eigenvalue weighted by molar-refractivity contribution is -0.0365. The van der Waals surface area contributed by atoms with Crippen LogP contribution in [0.4, 0.5) is 0 Å². The summed E-state index contributed by atoms with van der Waals surface area (Å²) >= 11 is 0. The van der Waals surface area contributed by atoms with Crippen molar-refractivity contribution in [3.05, 3.63) is 48.3 Å². The normalized spacial score (nSPS) is 16.5. The zero-order valence-corrected chi connectivity index (χ0v) is 20.0. The Morgan fingerprint density at radius 1 is 1.20 bits per heavy atom. The first-order valence-electron chi connectivity index (χ1n) is 11.8. The highest BCUT2D eigenvalue weighted by atomic mass is 16.5. The molecule has 1 fully saturated rings. The van der Waals surface area contributed by atoms with Gasteiger partial charge < -0.3 is 9.47 Å². The molecule has 178 valence electrons. The predicted molar refractivity (Wildman–Crippen MR) is 132 cm³/mol. The van der Waals surface area contributed by atoms with E-state index >= 15 is 0 Å². The van der Waals surface area contributed by atoms with E-state index in [-0.39, 0.29) is 12.3 Å². The van der Waals surface area contributed by atoms with E-state index in [9.17, 15) is 0 Å². The van der Waals surface area contributed by atoms with Crippen LogP contribution in [-0.2, 0) is 4.74 Å². The summed E-state index contributed by atoms with van der Waals surface area (Å²) in [5.74, 6) is 1.27. The van der Waals surface area contributed by atoms with Gasteiger partial charge in [0.15, 0.2) is 12.1 Å². The highest BCUT2D eigenvalue weighted by Crippen LogP contribution is 2.34. The SMILES string of the molecule is CC(C#N)=Cn1ccc(-c2ccnc(-c3nn(C4CCCCO4)c4ccc(OC(C)C)cc34)n2)n1. The number of benzene rings is 1. The average molecular weight is 470 g/mol. The fraction of sp³-hybridized carbons (Fsp3) is 0.346. The van der Waals surface area contributed by atoms with Crippen LogP contribution < -0.4 is 4.74 Å². The second kappa shape index (κ2) is 9.68. The summed E-state index contributed by atoms with van der Waals surface area (Å²) in [5, 5.41) is 19.4. The number of rotatable bonds is 6. The van der Waals surface area contributed by atoms with Gasteiger partial charge in [0, 0.05) is 36.2 Å². The molecule has 1 atom stereocenters. The largest absolute Gasteiger partial charge is 0.491 e. The van der Waals surface area contributed by atoms with Crippen LogP contribution in [0, 0.1) is 11.3 Å². The molecule has 1 aromatic carbocycles. The van der Waals surface area contributed by atoms with Gasteiger partial charge in [-0.3, -0.25) is 0 Å². The molecule has 0 N–H and O–H groups in total. The van der Waals surface area contributed by atoms with E-state index in [0.29, 0.717) is 28.5 Å². The van der Waals surface area contributed by atoms with Crippen molar-refractivity contribution < 1.29 is 9.47 Å². The van der Waals surface area contributed by atoms with Crippen LogP contribution in [-0.4, -0.2) is 42.2 Å². The molecule has 9 nitrogen and oxygen atoms in total. The maximum Gasteiger partial charge on any atom is 0.181 e. The second-order valence-corrected chi connectivity index (χ2v) is 8.83. The van der Waals surface area contributed by atoms with E-state index < -0.39 is 0 Å². The molecular weight excluding hydrogens is 442 g/mol. The van der Waals surface area contributed by atoms with Crippen LogP contribution in [0.15, 0.2) is 48.3 Å². The number of hydrogen-bond donors (Lipinski definition) is 0. The third kappa shape index (κ3) is 4.79. The molecule has 0 spiro atoms. The Kier molecular flexibility index (Phi) is 6.29. The maximum absolute atomic E-state index is 9.03. The minimum atomic E-state index is -0.120. The molecule has 1 saturated heterocycles. The van der Waals surface area contributed by atoms with E-state index in [4.69, 9.17) is 24.8 Å². The van der Waals surface area contributed by atoms with E-state index in [1.807, 2.05) is 48.9 Å². The van der Waals surface area contributed by atoms with E-state index in [0.717, 1.165) is 42.5 Å². The lowest BCUT2D eigenvalue weighted by Crippen LogP contribution is -2.19. The minimum absolute atomic E-state index is 0.0565. The highest BCUT2D eigenvalue weighted by molar-refractivity contribution is 5.93. The summed E-state index contributed by atoms with van der Waals surface area (Å²) in [4.78, 5) is 9.34. The van der Waals surface area contributed by atoms with E-state index in [1.165, 1.54) is 0 Å². The van der Waals surface area contributed by atoms with Crippen LogP contribution in [0.1, 0.15) is 46.3 Å². The van der Waals surface area contributed by atoms with Crippen molar-refractivity contribution in [2.75, 3.05) is 6.61 Å². The van der Waals surface area contributed by atoms with Gasteiger partial charge in [-0.15, -0.1) is 0 Å². The first-order valence-corrected chi connectivity index (χ1v) is 11.8. The molecule has 0 aliphatic carbocycles. The summed E-state index contributed by atoms with van der Waals surface area (Å²) < 4.78 is 15.5. The molecule has 4 aromatic rings. The topological polar surface area (TPSA) is 104 Å². The molecule has 1 unspecified atom stereocenters. The quantitative estimate of drug-likeness (QED) is 0.356. The maximum atomic E-state index is 9.03. The smallest absolute Gasteiger partial charge is 0.181 e. The van der Waals surface area contributed by atoms with Gasteiger partial charge in [-0.2, -0.15) is 15.5 Å². The van der Waals surface area contributed by atoms with Crippen molar-refractivity contribution in [2.24, 2.45) is 0 Å². The standard InChI is InChI=1S/C26H27N7O2/c1-17(2)35-19-7-8-23-20(14-19)25(31-33(23)24-6-4-5-13-34-24)26-28-11-9-21(29-26)22-10-12-32(30-22)16-18(3)15-27/h7-12,14,16-17,24H,4-6,13H2,1-3H3. The predicted octanol–water partition coefficient (Wildman–Crippen LogP) is 5.23. The molecule has 0 radical (unpaired) electrons. The zero-order valence-electron chi connectivity index (χ0n) is 20.0. The van der Waals surface area contributed by atoms with Gasteiger partial charge in [-0.05, 0) is 70.4 Å². The van der Waals surface area contributed by atoms with Gasteiger partial charge in [0.25, 0.3) is 0 Å². The molecule has 3 aromatic heterocycles. The summed E-state index contributed by atoms with van der Waals surface area (Å²) in [6.45, 7) is 6.47. The van der Waals surface area contributed by atoms with Crippen molar-refractivity contribution in [1.82, 2.24) is 29.5 Å². The number of fused-ring (bicyclic) bond motifs is 1. The monoisotopic (exact) mass is 469 g/mol. The van der Waals surface area contributed by atoms with Crippen molar-refractivity contribution in [1.29, 1.82) is 5.26 Å². The summed E-state index contributed by atoms with van der Waals surface area (Å²) in [5.41, 5.74) is 3.54. The molecule has 9 heteroatoms. The molecule has 5 rings (SSSR count). The number of nitrogens with zero attached hydrogens (tertiary/aromatic N) is 7. The van der Waals surface area contributed by atoms with Gasteiger partial charge in [-0.25, -0.2) is 19.3 Å². The molecule has 0 bridgehead atoms. The lowest BCUT2D eigenvalue weighted by atomic mass is 10.1. The molecule has 1 aliphatic heterocycles. The van der Waals surface area contributed by atoms with Crippen LogP contribution >= 0.6 is 0 Å². The number of hydrogen-bond acceptors (Lipinski definition) is 7. The fourth-order valence-corrected chi connectivity index (χ4v) is 4.16. The van der Waals surface area contributed by atoms with Crippen molar-refractivity contribution >= 4 is 17.1 Å². The van der Waals surface area contributed by atoms with Crippen LogP contribution in [0.3, 0.4) is 0 Å². The minimum Gasteiger partial charge on any atom is -0.491 e. The molecule has 0 saturated carbocycles. The zero-order chi connectivity index (χ0) is 24.4. The third-order valence-electron chi connectivity index (χ3n) is 5.72. The van der Waals surface area contributed by atoms with Crippen LogP contribution in [0.25, 0.3) is 40.0 Å². The number of aromatic nitrogens is 6. The molecule has 4 heterocycles. The molecule has 1 aliphatic rings. The van der Waals surface area contributed by atoms with E-state index in [1.54, 1.807) is 30.2 Å². The summed E-state index contributed by atoms with van der Waals surface area (Å²) in [7, 11) is 0. The van der Waals surface area contributed by atoms with Gasteiger partial charge in [0.1, 0.15) is 17.1 Å². The molecule has 0 amide bonds. The van der Waals surface area contributed by atoms with Crippen molar-refractivity contribution in [2.45, 2.75) is 52.4 Å². The Labute approximate surface area is 203 Å². The fourth-order valence-electron chi connectivity index (χ4n) is 4.16. The van der Waals surface area contributed by atoms with Gasteiger partial charge in [0.05, 0.1) is 23.4 Å². The second-order valence-electron chi connectivity index (χ2n) is 8.83. The van der Waals surface area contributed by atoms with Crippen molar-refractivity contribution in [3.8, 4) is 34.7 Å². The number of nitriles is 1. The van der Waals surface area contributed by atoms with Gasteiger partial charge >= 0.3 is 0 Å². The first kappa shape index (κ1) is 22.7. The van der Waals surface area contributed by atoms with Gasteiger partial charge in [-0.1, -0.05) is 0 Å². The summed E-state index contributed by atoms with van der Waals surface area (Å²) in [6, 6.07) is 11.8. The Balaban J connectivity index is 1.59. The van der Waals surface area contributed by atoms with Crippen molar-refractivity contribution in [3.63, 3.8) is 0 Å². The summed E-state index contributed by atoms with van der Waals surface area (Å²) in [6.07, 6.45) is 8.18. The van der Waals surface area contributed by atoms with Gasteiger partial charge in [0.2, 0.25) is 0 Å². The Hall–Kier alpha value is -4.03. The Bertz CT molecular complexity index is 1420. The highest BCUT2D eigenvalue weighted by Gasteiger charge is 2.23. The Morgan fingerprint density at radius 3 is 2.86 bits per heavy atom. The lowest BCUT2D eigenvalue weighted by Gasteiger charge is -2.23. The van der Waals surface area contributed by atoms with Crippen LogP contribution in [0.2, 0.25) is 0 Å². The van der Waals surface area contributed by atoms with E-state index in [2.05, 4.69) is 16.2 Å².